The molecule has 1 heterocycles. The first-order valence-electron chi connectivity index (χ1n) is 10.5. The minimum Gasteiger partial charge on any atom is -0.550 e. The van der Waals surface area contributed by atoms with Crippen molar-refractivity contribution >= 4 is 11.8 Å². The van der Waals surface area contributed by atoms with Gasteiger partial charge in [-0.15, -0.1) is 0 Å². The van der Waals surface area contributed by atoms with Gasteiger partial charge in [-0.1, -0.05) is 39.8 Å². The zero-order valence-electron chi connectivity index (χ0n) is 19.4. The van der Waals surface area contributed by atoms with Crippen molar-refractivity contribution in [3.05, 3.63) is 47.4 Å². The average Bonchev–Trinajstić information content (AvgIpc) is 2.65. The fourth-order valence-electron chi connectivity index (χ4n) is 3.35. The van der Waals surface area contributed by atoms with Gasteiger partial charge in [0.1, 0.15) is 17.8 Å². The number of carboxylic acid groups (broad SMARTS) is 1. The van der Waals surface area contributed by atoms with Gasteiger partial charge in [-0.3, -0.25) is 4.90 Å². The molecule has 8 heteroatoms. The second kappa shape index (κ2) is 13.1. The maximum Gasteiger partial charge on any atom is 1.00 e. The van der Waals surface area contributed by atoms with Gasteiger partial charge in [0.15, 0.2) is 0 Å². The Morgan fingerprint density at radius 3 is 2.38 bits per heavy atom. The molecule has 2 N–H and O–H groups in total. The van der Waals surface area contributed by atoms with Crippen molar-refractivity contribution in [1.82, 2.24) is 4.90 Å². The van der Waals surface area contributed by atoms with Gasteiger partial charge < -0.3 is 20.1 Å². The summed E-state index contributed by atoms with van der Waals surface area (Å²) < 4.78 is 13.5. The van der Waals surface area contributed by atoms with Crippen LogP contribution in [0.1, 0.15) is 58.6 Å². The number of aliphatic carboxylic acids is 1. The van der Waals surface area contributed by atoms with Crippen molar-refractivity contribution < 1.29 is 54.1 Å². The number of allylic oxidation sites excluding steroid dienone is 1. The molecule has 1 unspecified atom stereocenters. The van der Waals surface area contributed by atoms with Gasteiger partial charge in [-0.2, -0.15) is 0 Å². The molecule has 1 aliphatic rings. The Morgan fingerprint density at radius 2 is 1.84 bits per heavy atom. The molecule has 32 heavy (non-hydrogen) atoms. The second-order valence-electron chi connectivity index (χ2n) is 8.48. The quantitative estimate of drug-likeness (QED) is 0.405. The molecule has 0 spiro atoms. The number of nitrogens with zero attached hydrogens (tertiary/aromatic N) is 2. The van der Waals surface area contributed by atoms with Gasteiger partial charge in [-0.05, 0) is 42.0 Å². The Labute approximate surface area is 211 Å². The molecule has 0 radical (unpaired) electrons. The van der Waals surface area contributed by atoms with Crippen LogP contribution in [0.4, 0.5) is 4.39 Å². The summed E-state index contributed by atoms with van der Waals surface area (Å²) in [5.41, 5.74) is 1.76. The van der Waals surface area contributed by atoms with Gasteiger partial charge in [0, 0.05) is 36.5 Å². The molecule has 6 nitrogen and oxygen atoms in total. The Balaban J connectivity index is 0.00000512. The van der Waals surface area contributed by atoms with E-state index in [0.29, 0.717) is 5.92 Å². The van der Waals surface area contributed by atoms with Crippen LogP contribution in [-0.4, -0.2) is 39.1 Å². The maximum atomic E-state index is 13.5. The minimum absolute atomic E-state index is 0. The summed E-state index contributed by atoms with van der Waals surface area (Å²) in [4.78, 5) is 17.1. The van der Waals surface area contributed by atoms with Crippen molar-refractivity contribution in [2.45, 2.75) is 65.2 Å². The van der Waals surface area contributed by atoms with E-state index >= 15 is 0 Å². The first-order chi connectivity index (χ1) is 14.6. The number of hydrogen-bond acceptors (Lipinski definition) is 6. The summed E-state index contributed by atoms with van der Waals surface area (Å²) in [6.07, 6.45) is -0.477. The molecule has 2 rings (SSSR count). The molecule has 1 aromatic carbocycles. The van der Waals surface area contributed by atoms with E-state index in [1.807, 2.05) is 19.9 Å². The monoisotopic (exact) mass is 452 g/mol. The molecular weight excluding hydrogens is 422 g/mol. The minimum atomic E-state index is -1.39. The Hall–Kier alpha value is -1.69. The SMILES string of the molecule is CC(C)CC1=CC(c2ccc(F)cc2)N(C#C[C@@H](O)C[C@@H](O)CC(=O)[O-])C(C(C)C)=N1.[Na+]. The third-order valence-corrected chi connectivity index (χ3v) is 4.73. The molecular formula is C24H30FN2NaO4. The summed E-state index contributed by atoms with van der Waals surface area (Å²) in [5, 5.41) is 30.5. The van der Waals surface area contributed by atoms with Crippen molar-refractivity contribution in [1.29, 1.82) is 0 Å². The number of carbonyl (C=O) groups is 1. The summed E-state index contributed by atoms with van der Waals surface area (Å²) >= 11 is 0. The molecule has 0 aromatic heterocycles. The van der Waals surface area contributed by atoms with Gasteiger partial charge in [-0.25, -0.2) is 9.38 Å². The van der Waals surface area contributed by atoms with Crippen molar-refractivity contribution in [3.8, 4) is 12.0 Å². The molecule has 0 aliphatic carbocycles. The number of carboxylic acids is 1. The number of hydrogen-bond donors (Lipinski definition) is 2. The van der Waals surface area contributed by atoms with Crippen LogP contribution < -0.4 is 34.7 Å². The molecule has 1 aliphatic heterocycles. The van der Waals surface area contributed by atoms with Crippen LogP contribution in [0.3, 0.4) is 0 Å². The summed E-state index contributed by atoms with van der Waals surface area (Å²) in [6, 6.07) is 8.79. The molecule has 0 saturated heterocycles. The van der Waals surface area contributed by atoms with Crippen LogP contribution >= 0.6 is 0 Å². The third-order valence-electron chi connectivity index (χ3n) is 4.73. The fraction of sp³-hybridized carbons (Fsp3) is 0.500. The van der Waals surface area contributed by atoms with E-state index in [9.17, 15) is 24.5 Å². The number of aliphatic hydroxyl groups excluding tert-OH is 2. The van der Waals surface area contributed by atoms with Gasteiger partial charge in [0.25, 0.3) is 0 Å². The van der Waals surface area contributed by atoms with E-state index in [-0.39, 0.29) is 53.8 Å². The van der Waals surface area contributed by atoms with E-state index in [1.54, 1.807) is 17.0 Å². The van der Waals surface area contributed by atoms with Crippen molar-refractivity contribution in [2.75, 3.05) is 0 Å². The molecule has 1 aromatic rings. The third kappa shape index (κ3) is 8.68. The number of halogens is 1. The normalized spacial score (nSPS) is 17.7. The maximum absolute atomic E-state index is 13.5. The zero-order chi connectivity index (χ0) is 23.1. The first-order valence-corrected chi connectivity index (χ1v) is 10.5. The molecule has 0 bridgehead atoms. The van der Waals surface area contributed by atoms with Crippen LogP contribution in [0.2, 0.25) is 0 Å². The van der Waals surface area contributed by atoms with E-state index in [0.717, 1.165) is 23.5 Å². The van der Waals surface area contributed by atoms with Crippen LogP contribution in [0.25, 0.3) is 0 Å². The van der Waals surface area contributed by atoms with Gasteiger partial charge in [0.2, 0.25) is 0 Å². The number of amidine groups is 1. The molecule has 168 valence electrons. The fourth-order valence-corrected chi connectivity index (χ4v) is 3.35. The van der Waals surface area contributed by atoms with Gasteiger partial charge >= 0.3 is 29.6 Å². The van der Waals surface area contributed by atoms with E-state index in [1.165, 1.54) is 12.1 Å². The summed E-state index contributed by atoms with van der Waals surface area (Å²) in [5.74, 6) is 2.12. The Kier molecular flexibility index (Phi) is 11.6. The second-order valence-corrected chi connectivity index (χ2v) is 8.48. The number of aliphatic imine (C=N–C) groups is 1. The van der Waals surface area contributed by atoms with Gasteiger partial charge in [0.05, 0.1) is 12.1 Å². The van der Waals surface area contributed by atoms with E-state index < -0.39 is 24.6 Å². The predicted molar refractivity (Wildman–Crippen MR) is 115 cm³/mol. The first kappa shape index (κ1) is 28.3. The molecule has 0 fully saturated rings. The summed E-state index contributed by atoms with van der Waals surface area (Å²) in [6.45, 7) is 8.21. The number of benzene rings is 1. The van der Waals surface area contributed by atoms with Crippen LogP contribution in [-0.2, 0) is 4.79 Å². The molecule has 0 amide bonds. The smallest absolute Gasteiger partial charge is 0.550 e. The van der Waals surface area contributed by atoms with Crippen LogP contribution in [0, 0.1) is 29.6 Å². The number of aliphatic hydroxyl groups is 2. The molecule has 0 saturated carbocycles. The molecule has 3 atom stereocenters. The van der Waals surface area contributed by atoms with E-state index in [4.69, 9.17) is 4.99 Å². The van der Waals surface area contributed by atoms with Crippen LogP contribution in [0.5, 0.6) is 0 Å². The number of rotatable bonds is 8. The van der Waals surface area contributed by atoms with E-state index in [2.05, 4.69) is 25.8 Å². The Morgan fingerprint density at radius 1 is 1.22 bits per heavy atom. The Bertz CT molecular complexity index is 888. The zero-order valence-corrected chi connectivity index (χ0v) is 21.4. The summed E-state index contributed by atoms with van der Waals surface area (Å²) in [7, 11) is 0. The predicted octanol–water partition coefficient (Wildman–Crippen LogP) is -0.616. The number of carbonyl (C=O) groups excluding carboxylic acids is 1. The topological polar surface area (TPSA) is 96.2 Å². The largest absolute Gasteiger partial charge is 1.00 e. The average molecular weight is 453 g/mol. The standard InChI is InChI=1S/C24H31FN2O4.Na/c1-15(2)11-19-12-22(17-5-7-18(25)8-6-17)27(24(26-19)16(3)4)10-9-20(28)13-21(29)14-23(30)31;/h5-8,12,15-16,20-22,28-29H,11,13-14H2,1-4H3,(H,30,31);/q;+1/p-1/t20-,21-,22?;/m1./s1. The van der Waals surface area contributed by atoms with Crippen LogP contribution in [0.15, 0.2) is 41.0 Å². The van der Waals surface area contributed by atoms with Crippen molar-refractivity contribution in [2.24, 2.45) is 16.8 Å². The van der Waals surface area contributed by atoms with Crippen molar-refractivity contribution in [3.63, 3.8) is 0 Å².